The lowest BCUT2D eigenvalue weighted by molar-refractivity contribution is -0.127. The van der Waals surface area contributed by atoms with Gasteiger partial charge in [-0.25, -0.2) is 4.98 Å². The number of nitrogens with two attached hydrogens (primary N) is 1. The van der Waals surface area contributed by atoms with Gasteiger partial charge in [0.2, 0.25) is 5.91 Å². The van der Waals surface area contributed by atoms with Crippen LogP contribution < -0.4 is 5.73 Å². The maximum atomic E-state index is 12.4. The van der Waals surface area contributed by atoms with E-state index in [9.17, 15) is 9.59 Å². The van der Waals surface area contributed by atoms with Crippen molar-refractivity contribution in [2.75, 3.05) is 6.54 Å². The largest absolute Gasteiger partial charge is 0.368 e. The zero-order chi connectivity index (χ0) is 14.6. The van der Waals surface area contributed by atoms with Crippen molar-refractivity contribution in [2.45, 2.75) is 33.2 Å². The molecule has 1 aromatic rings. The number of nitrogens with zero attached hydrogens (tertiary/aromatic N) is 3. The number of primary amides is 1. The van der Waals surface area contributed by atoms with E-state index in [1.165, 1.54) is 23.5 Å². The standard InChI is InChI=1S/C13H20N4O2/c1-9(2)8-17(13(3,4)12(14)19)11(18)10-7-15-5-6-16-10/h5-7,9H,8H2,1-4H3,(H2,14,19). The molecule has 0 atom stereocenters. The topological polar surface area (TPSA) is 89.2 Å². The number of rotatable bonds is 5. The summed E-state index contributed by atoms with van der Waals surface area (Å²) in [6, 6.07) is 0. The average Bonchev–Trinajstić information content (AvgIpc) is 2.35. The minimum Gasteiger partial charge on any atom is -0.368 e. The molecule has 0 radical (unpaired) electrons. The van der Waals surface area contributed by atoms with Gasteiger partial charge in [-0.2, -0.15) is 0 Å². The quantitative estimate of drug-likeness (QED) is 0.853. The van der Waals surface area contributed by atoms with E-state index in [-0.39, 0.29) is 17.5 Å². The van der Waals surface area contributed by atoms with Crippen molar-refractivity contribution in [2.24, 2.45) is 11.7 Å². The normalized spacial score (nSPS) is 11.4. The fourth-order valence-corrected chi connectivity index (χ4v) is 1.61. The first-order valence-electron chi connectivity index (χ1n) is 6.14. The van der Waals surface area contributed by atoms with Crippen molar-refractivity contribution in [3.8, 4) is 0 Å². The van der Waals surface area contributed by atoms with Crippen LogP contribution in [0.2, 0.25) is 0 Å². The van der Waals surface area contributed by atoms with Gasteiger partial charge in [0.25, 0.3) is 5.91 Å². The third-order valence-electron chi connectivity index (χ3n) is 2.85. The van der Waals surface area contributed by atoms with Crippen molar-refractivity contribution in [1.29, 1.82) is 0 Å². The lowest BCUT2D eigenvalue weighted by Crippen LogP contribution is -2.56. The Labute approximate surface area is 113 Å². The van der Waals surface area contributed by atoms with Crippen LogP contribution in [0.15, 0.2) is 18.6 Å². The minimum atomic E-state index is -1.07. The maximum absolute atomic E-state index is 12.4. The van der Waals surface area contributed by atoms with Crippen LogP contribution in [-0.2, 0) is 4.79 Å². The van der Waals surface area contributed by atoms with Crippen LogP contribution >= 0.6 is 0 Å². The number of aromatic nitrogens is 2. The van der Waals surface area contributed by atoms with E-state index in [2.05, 4.69) is 9.97 Å². The number of hydrogen-bond donors (Lipinski definition) is 1. The number of amides is 2. The van der Waals surface area contributed by atoms with Crippen molar-refractivity contribution in [3.05, 3.63) is 24.3 Å². The highest BCUT2D eigenvalue weighted by Gasteiger charge is 2.37. The van der Waals surface area contributed by atoms with Crippen LogP contribution in [0.1, 0.15) is 38.2 Å². The molecule has 6 heteroatoms. The molecule has 0 spiro atoms. The monoisotopic (exact) mass is 264 g/mol. The molecular weight excluding hydrogens is 244 g/mol. The molecule has 0 aromatic carbocycles. The van der Waals surface area contributed by atoms with E-state index in [1.54, 1.807) is 13.8 Å². The Morgan fingerprint density at radius 3 is 2.42 bits per heavy atom. The Morgan fingerprint density at radius 1 is 1.37 bits per heavy atom. The van der Waals surface area contributed by atoms with Crippen LogP contribution in [0.3, 0.4) is 0 Å². The predicted molar refractivity (Wildman–Crippen MR) is 71.2 cm³/mol. The molecule has 0 aliphatic carbocycles. The van der Waals surface area contributed by atoms with Gasteiger partial charge in [0.15, 0.2) is 0 Å². The predicted octanol–water partition coefficient (Wildman–Crippen LogP) is 0.839. The summed E-state index contributed by atoms with van der Waals surface area (Å²) in [6.07, 6.45) is 4.31. The molecule has 1 heterocycles. The fourth-order valence-electron chi connectivity index (χ4n) is 1.61. The molecule has 2 N–H and O–H groups in total. The van der Waals surface area contributed by atoms with Gasteiger partial charge in [0.05, 0.1) is 6.20 Å². The Bertz CT molecular complexity index is 457. The van der Waals surface area contributed by atoms with Gasteiger partial charge < -0.3 is 10.6 Å². The molecule has 1 rings (SSSR count). The van der Waals surface area contributed by atoms with Crippen molar-refractivity contribution in [1.82, 2.24) is 14.9 Å². The summed E-state index contributed by atoms with van der Waals surface area (Å²) in [5, 5.41) is 0. The average molecular weight is 264 g/mol. The summed E-state index contributed by atoms with van der Waals surface area (Å²) in [4.78, 5) is 33.3. The van der Waals surface area contributed by atoms with Gasteiger partial charge in [-0.3, -0.25) is 14.6 Å². The van der Waals surface area contributed by atoms with E-state index >= 15 is 0 Å². The molecule has 0 unspecified atom stereocenters. The zero-order valence-corrected chi connectivity index (χ0v) is 11.8. The SMILES string of the molecule is CC(C)CN(C(=O)c1cnccn1)C(C)(C)C(N)=O. The molecule has 0 saturated carbocycles. The third kappa shape index (κ3) is 3.49. The van der Waals surface area contributed by atoms with Crippen molar-refractivity contribution >= 4 is 11.8 Å². The summed E-state index contributed by atoms with van der Waals surface area (Å²) in [7, 11) is 0. The molecule has 6 nitrogen and oxygen atoms in total. The van der Waals surface area contributed by atoms with E-state index in [0.29, 0.717) is 6.54 Å². The maximum Gasteiger partial charge on any atom is 0.274 e. The summed E-state index contributed by atoms with van der Waals surface area (Å²) in [5.74, 6) is -0.685. The number of carbonyl (C=O) groups excluding carboxylic acids is 2. The lowest BCUT2D eigenvalue weighted by atomic mass is 9.99. The number of carbonyl (C=O) groups is 2. The van der Waals surface area contributed by atoms with Gasteiger partial charge in [0.1, 0.15) is 11.2 Å². The Balaban J connectivity index is 3.11. The Hall–Kier alpha value is -1.98. The molecule has 1 aromatic heterocycles. The van der Waals surface area contributed by atoms with Gasteiger partial charge in [-0.15, -0.1) is 0 Å². The smallest absolute Gasteiger partial charge is 0.274 e. The summed E-state index contributed by atoms with van der Waals surface area (Å²) in [5.41, 5.74) is 4.53. The lowest BCUT2D eigenvalue weighted by Gasteiger charge is -2.36. The molecule has 2 amide bonds. The van der Waals surface area contributed by atoms with Crippen molar-refractivity contribution < 1.29 is 9.59 Å². The second-order valence-corrected chi connectivity index (χ2v) is 5.32. The molecule has 0 saturated heterocycles. The highest BCUT2D eigenvalue weighted by atomic mass is 16.2. The van der Waals surface area contributed by atoms with Gasteiger partial charge in [0, 0.05) is 18.9 Å². The molecule has 0 aliphatic rings. The fraction of sp³-hybridized carbons (Fsp3) is 0.538. The third-order valence-corrected chi connectivity index (χ3v) is 2.85. The molecular formula is C13H20N4O2. The summed E-state index contributed by atoms with van der Waals surface area (Å²) < 4.78 is 0. The molecule has 0 bridgehead atoms. The van der Waals surface area contributed by atoms with Crippen LogP contribution in [0.4, 0.5) is 0 Å². The highest BCUT2D eigenvalue weighted by Crippen LogP contribution is 2.18. The Kier molecular flexibility index (Phi) is 4.58. The zero-order valence-electron chi connectivity index (χ0n) is 11.8. The van der Waals surface area contributed by atoms with Gasteiger partial charge in [-0.1, -0.05) is 13.8 Å². The molecule has 104 valence electrons. The van der Waals surface area contributed by atoms with Gasteiger partial charge in [-0.05, 0) is 19.8 Å². The molecule has 0 fully saturated rings. The highest BCUT2D eigenvalue weighted by molar-refractivity contribution is 5.97. The van der Waals surface area contributed by atoms with E-state index in [4.69, 9.17) is 5.73 Å². The van der Waals surface area contributed by atoms with E-state index in [0.717, 1.165) is 0 Å². The van der Waals surface area contributed by atoms with Crippen LogP contribution in [-0.4, -0.2) is 38.8 Å². The number of hydrogen-bond acceptors (Lipinski definition) is 4. The second kappa shape index (κ2) is 5.77. The molecule has 19 heavy (non-hydrogen) atoms. The summed E-state index contributed by atoms with van der Waals surface area (Å²) >= 11 is 0. The van der Waals surface area contributed by atoms with Crippen LogP contribution in [0.5, 0.6) is 0 Å². The first-order chi connectivity index (χ1) is 8.76. The Morgan fingerprint density at radius 2 is 2.00 bits per heavy atom. The minimum absolute atomic E-state index is 0.206. The van der Waals surface area contributed by atoms with Crippen LogP contribution in [0.25, 0.3) is 0 Å². The van der Waals surface area contributed by atoms with E-state index < -0.39 is 11.4 Å². The summed E-state index contributed by atoms with van der Waals surface area (Å²) in [6.45, 7) is 7.62. The van der Waals surface area contributed by atoms with E-state index in [1.807, 2.05) is 13.8 Å². The second-order valence-electron chi connectivity index (χ2n) is 5.32. The first-order valence-corrected chi connectivity index (χ1v) is 6.14. The first kappa shape index (κ1) is 15.1. The molecule has 0 aliphatic heterocycles. The van der Waals surface area contributed by atoms with Crippen LogP contribution in [0, 0.1) is 5.92 Å². The van der Waals surface area contributed by atoms with Gasteiger partial charge >= 0.3 is 0 Å². The van der Waals surface area contributed by atoms with Crippen molar-refractivity contribution in [3.63, 3.8) is 0 Å².